The second kappa shape index (κ2) is 5.62. The van der Waals surface area contributed by atoms with Gasteiger partial charge in [0.05, 0.1) is 16.6 Å². The minimum atomic E-state index is -0.0952. The number of nitrogens with one attached hydrogen (secondary N) is 1. The van der Waals surface area contributed by atoms with E-state index in [2.05, 4.69) is 15.1 Å². The molecule has 3 aromatic heterocycles. The molecule has 0 atom stereocenters. The van der Waals surface area contributed by atoms with Crippen molar-refractivity contribution in [3.8, 4) is 0 Å². The molecule has 0 saturated carbocycles. The van der Waals surface area contributed by atoms with Crippen LogP contribution in [0.15, 0.2) is 17.2 Å². The Morgan fingerprint density at radius 3 is 3.04 bits per heavy atom. The van der Waals surface area contributed by atoms with Crippen LogP contribution in [0.4, 0.5) is 0 Å². The molecule has 23 heavy (non-hydrogen) atoms. The number of rotatable bonds is 2. The SMILES string of the molecule is Cn1cc(/C=C(\Cl)c2nc3sc4c(c3c(=O)[nH]2)CCCC4)cn1. The summed E-state index contributed by atoms with van der Waals surface area (Å²) < 4.78 is 1.70. The van der Waals surface area contributed by atoms with Gasteiger partial charge in [0.25, 0.3) is 5.56 Å². The molecule has 3 aromatic rings. The smallest absolute Gasteiger partial charge is 0.260 e. The maximum atomic E-state index is 12.5. The summed E-state index contributed by atoms with van der Waals surface area (Å²) in [6.45, 7) is 0. The molecular formula is C16H15ClN4OS. The highest BCUT2D eigenvalue weighted by molar-refractivity contribution is 7.18. The van der Waals surface area contributed by atoms with Crippen molar-refractivity contribution in [3.05, 3.63) is 44.6 Å². The number of nitrogens with zero attached hydrogens (tertiary/aromatic N) is 3. The molecule has 0 bridgehead atoms. The fourth-order valence-electron chi connectivity index (χ4n) is 3.01. The van der Waals surface area contributed by atoms with E-state index >= 15 is 0 Å². The normalized spacial score (nSPS) is 15.1. The third kappa shape index (κ3) is 2.62. The number of hydrogen-bond donors (Lipinski definition) is 1. The summed E-state index contributed by atoms with van der Waals surface area (Å²) in [6, 6.07) is 0. The summed E-state index contributed by atoms with van der Waals surface area (Å²) in [7, 11) is 1.84. The van der Waals surface area contributed by atoms with Gasteiger partial charge in [-0.3, -0.25) is 9.48 Å². The van der Waals surface area contributed by atoms with Crippen molar-refractivity contribution in [2.45, 2.75) is 25.7 Å². The van der Waals surface area contributed by atoms with Crippen LogP contribution >= 0.6 is 22.9 Å². The Balaban J connectivity index is 1.82. The van der Waals surface area contributed by atoms with E-state index in [1.54, 1.807) is 28.3 Å². The molecule has 0 spiro atoms. The first-order chi connectivity index (χ1) is 11.1. The van der Waals surface area contributed by atoms with E-state index in [-0.39, 0.29) is 5.56 Å². The lowest BCUT2D eigenvalue weighted by Crippen LogP contribution is -2.12. The Morgan fingerprint density at radius 2 is 2.26 bits per heavy atom. The summed E-state index contributed by atoms with van der Waals surface area (Å²) in [5, 5.41) is 5.25. The maximum absolute atomic E-state index is 12.5. The van der Waals surface area contributed by atoms with Crippen molar-refractivity contribution < 1.29 is 0 Å². The van der Waals surface area contributed by atoms with Gasteiger partial charge in [-0.15, -0.1) is 11.3 Å². The van der Waals surface area contributed by atoms with Gasteiger partial charge in [-0.1, -0.05) is 11.6 Å². The van der Waals surface area contributed by atoms with Crippen LogP contribution in [0.1, 0.15) is 34.7 Å². The minimum absolute atomic E-state index is 0.0952. The summed E-state index contributed by atoms with van der Waals surface area (Å²) >= 11 is 7.97. The van der Waals surface area contributed by atoms with Gasteiger partial charge in [0.15, 0.2) is 5.82 Å². The zero-order chi connectivity index (χ0) is 16.0. The zero-order valence-electron chi connectivity index (χ0n) is 12.6. The van der Waals surface area contributed by atoms with E-state index in [1.165, 1.54) is 16.9 Å². The topological polar surface area (TPSA) is 63.6 Å². The van der Waals surface area contributed by atoms with Crippen LogP contribution in [0.5, 0.6) is 0 Å². The molecule has 1 aliphatic rings. The summed E-state index contributed by atoms with van der Waals surface area (Å²) in [4.78, 5) is 22.0. The van der Waals surface area contributed by atoms with Crippen LogP contribution in [0.2, 0.25) is 0 Å². The van der Waals surface area contributed by atoms with Gasteiger partial charge in [0.1, 0.15) is 4.83 Å². The summed E-state index contributed by atoms with van der Waals surface area (Å²) in [5.74, 6) is 0.409. The lowest BCUT2D eigenvalue weighted by Gasteiger charge is -2.09. The molecule has 4 rings (SSSR count). The zero-order valence-corrected chi connectivity index (χ0v) is 14.2. The third-order valence-electron chi connectivity index (χ3n) is 4.07. The number of hydrogen-bond acceptors (Lipinski definition) is 4. The second-order valence-corrected chi connectivity index (χ2v) is 7.24. The monoisotopic (exact) mass is 346 g/mol. The Labute approximate surface area is 141 Å². The van der Waals surface area contributed by atoms with E-state index < -0.39 is 0 Å². The first kappa shape index (κ1) is 14.7. The summed E-state index contributed by atoms with van der Waals surface area (Å²) in [5.41, 5.74) is 1.96. The van der Waals surface area contributed by atoms with Crippen LogP contribution in [-0.2, 0) is 19.9 Å². The van der Waals surface area contributed by atoms with Gasteiger partial charge < -0.3 is 4.98 Å². The van der Waals surface area contributed by atoms with Crippen molar-refractivity contribution in [1.82, 2.24) is 19.7 Å². The number of fused-ring (bicyclic) bond motifs is 3. The fourth-order valence-corrected chi connectivity index (χ4v) is 4.48. The predicted molar refractivity (Wildman–Crippen MR) is 93.8 cm³/mol. The van der Waals surface area contributed by atoms with Crippen LogP contribution in [0.3, 0.4) is 0 Å². The van der Waals surface area contributed by atoms with Gasteiger partial charge in [0.2, 0.25) is 0 Å². The maximum Gasteiger partial charge on any atom is 0.260 e. The van der Waals surface area contributed by atoms with E-state index in [9.17, 15) is 4.79 Å². The van der Waals surface area contributed by atoms with Crippen molar-refractivity contribution >= 4 is 44.3 Å². The molecule has 1 aliphatic carbocycles. The number of halogens is 1. The predicted octanol–water partition coefficient (Wildman–Crippen LogP) is 3.33. The first-order valence-electron chi connectivity index (χ1n) is 7.52. The lowest BCUT2D eigenvalue weighted by atomic mass is 9.97. The van der Waals surface area contributed by atoms with Crippen LogP contribution < -0.4 is 5.56 Å². The van der Waals surface area contributed by atoms with Gasteiger partial charge in [-0.2, -0.15) is 5.10 Å². The lowest BCUT2D eigenvalue weighted by molar-refractivity contribution is 0.700. The molecule has 1 N–H and O–H groups in total. The third-order valence-corrected chi connectivity index (χ3v) is 5.54. The number of aromatic amines is 1. The highest BCUT2D eigenvalue weighted by Crippen LogP contribution is 2.34. The van der Waals surface area contributed by atoms with Gasteiger partial charge in [-0.05, 0) is 37.3 Å². The average molecular weight is 347 g/mol. The number of thiophene rings is 1. The molecule has 0 saturated heterocycles. The molecule has 118 valence electrons. The van der Waals surface area contributed by atoms with Crippen LogP contribution in [-0.4, -0.2) is 19.7 Å². The van der Waals surface area contributed by atoms with Crippen LogP contribution in [0.25, 0.3) is 21.3 Å². The van der Waals surface area contributed by atoms with E-state index in [1.807, 2.05) is 13.2 Å². The van der Waals surface area contributed by atoms with Gasteiger partial charge in [0, 0.05) is 23.7 Å². The Morgan fingerprint density at radius 1 is 1.43 bits per heavy atom. The molecule has 0 aromatic carbocycles. The number of H-pyrrole nitrogens is 1. The van der Waals surface area contributed by atoms with Crippen molar-refractivity contribution in [2.75, 3.05) is 0 Å². The molecule has 7 heteroatoms. The van der Waals surface area contributed by atoms with Crippen molar-refractivity contribution in [1.29, 1.82) is 0 Å². The Bertz CT molecular complexity index is 982. The van der Waals surface area contributed by atoms with Gasteiger partial charge >= 0.3 is 0 Å². The van der Waals surface area contributed by atoms with Gasteiger partial charge in [-0.25, -0.2) is 4.98 Å². The van der Waals surface area contributed by atoms with E-state index in [0.29, 0.717) is 10.9 Å². The standard InChI is InChI=1S/C16H15ClN4OS/c1-21-8-9(7-18-21)6-11(17)14-19-15(22)13-10-4-2-3-5-12(10)23-16(13)20-14/h6-8H,2-5H2,1H3,(H,19,20,22)/b11-6-. The molecule has 0 radical (unpaired) electrons. The molecule has 5 nitrogen and oxygen atoms in total. The first-order valence-corrected chi connectivity index (χ1v) is 8.72. The molecule has 0 amide bonds. The second-order valence-electron chi connectivity index (χ2n) is 5.75. The Hall–Kier alpha value is -1.92. The van der Waals surface area contributed by atoms with Crippen LogP contribution in [0, 0.1) is 0 Å². The minimum Gasteiger partial charge on any atom is -0.305 e. The fraction of sp³-hybridized carbons (Fsp3) is 0.312. The van der Waals surface area contributed by atoms with Crippen molar-refractivity contribution in [3.63, 3.8) is 0 Å². The number of aryl methyl sites for hydroxylation is 3. The Kier molecular flexibility index (Phi) is 3.58. The molecular weight excluding hydrogens is 332 g/mol. The van der Waals surface area contributed by atoms with Crippen molar-refractivity contribution in [2.24, 2.45) is 7.05 Å². The molecule has 0 unspecified atom stereocenters. The average Bonchev–Trinajstić information content (AvgIpc) is 3.10. The highest BCUT2D eigenvalue weighted by atomic mass is 35.5. The summed E-state index contributed by atoms with van der Waals surface area (Å²) in [6.07, 6.45) is 9.66. The highest BCUT2D eigenvalue weighted by Gasteiger charge is 2.20. The quantitative estimate of drug-likeness (QED) is 0.774. The number of aromatic nitrogens is 4. The molecule has 0 fully saturated rings. The molecule has 0 aliphatic heterocycles. The van der Waals surface area contributed by atoms with E-state index in [0.717, 1.165) is 35.0 Å². The van der Waals surface area contributed by atoms with E-state index in [4.69, 9.17) is 11.6 Å². The largest absolute Gasteiger partial charge is 0.305 e. The molecule has 3 heterocycles.